The van der Waals surface area contributed by atoms with Gasteiger partial charge in [-0.05, 0) is 0 Å². The normalized spacial score (nSPS) is 9.73. The van der Waals surface area contributed by atoms with Crippen LogP contribution in [-0.4, -0.2) is 41.7 Å². The van der Waals surface area contributed by atoms with Gasteiger partial charge in [0.2, 0.25) is 5.88 Å². The average molecular weight is 211 g/mol. The maximum absolute atomic E-state index is 10.4. The molecule has 0 bridgehead atoms. The lowest BCUT2D eigenvalue weighted by atomic mass is 10.4. The molecule has 0 aromatic carbocycles. The number of rotatable bonds is 5. The van der Waals surface area contributed by atoms with Gasteiger partial charge in [-0.3, -0.25) is 4.79 Å². The van der Waals surface area contributed by atoms with Crippen LogP contribution in [0.4, 0.5) is 5.82 Å². The number of aromatic nitrogens is 2. The Kier molecular flexibility index (Phi) is 3.84. The lowest BCUT2D eigenvalue weighted by Gasteiger charge is -2.16. The van der Waals surface area contributed by atoms with Gasteiger partial charge in [0.15, 0.2) is 0 Å². The largest absolute Gasteiger partial charge is 0.481 e. The highest BCUT2D eigenvalue weighted by molar-refractivity contribution is 5.67. The number of ether oxygens (including phenoxy) is 1. The summed E-state index contributed by atoms with van der Waals surface area (Å²) in [6.45, 7) is 0.398. The highest BCUT2D eigenvalue weighted by Crippen LogP contribution is 2.13. The number of carboxylic acids is 1. The second-order valence-electron chi connectivity index (χ2n) is 2.98. The van der Waals surface area contributed by atoms with E-state index in [4.69, 9.17) is 9.84 Å². The molecule has 0 fully saturated rings. The number of anilines is 1. The zero-order valence-electron chi connectivity index (χ0n) is 8.67. The number of methoxy groups -OCH3 is 1. The predicted octanol–water partition coefficient (Wildman–Crippen LogP) is 0.396. The van der Waals surface area contributed by atoms with Crippen molar-refractivity contribution in [1.82, 2.24) is 9.97 Å². The zero-order valence-corrected chi connectivity index (χ0v) is 8.67. The number of aliphatic carboxylic acids is 1. The van der Waals surface area contributed by atoms with E-state index in [2.05, 4.69) is 9.97 Å². The van der Waals surface area contributed by atoms with Crippen LogP contribution in [-0.2, 0) is 4.79 Å². The molecule has 6 heteroatoms. The molecule has 0 amide bonds. The van der Waals surface area contributed by atoms with E-state index in [9.17, 15) is 4.79 Å². The topological polar surface area (TPSA) is 75.5 Å². The molecule has 82 valence electrons. The first-order chi connectivity index (χ1) is 7.13. The van der Waals surface area contributed by atoms with E-state index in [-0.39, 0.29) is 6.42 Å². The summed E-state index contributed by atoms with van der Waals surface area (Å²) in [6, 6.07) is 1.65. The van der Waals surface area contributed by atoms with Gasteiger partial charge in [-0.2, -0.15) is 0 Å². The van der Waals surface area contributed by atoms with Gasteiger partial charge in [0.1, 0.15) is 12.1 Å². The molecule has 0 aliphatic carbocycles. The van der Waals surface area contributed by atoms with E-state index in [1.54, 1.807) is 18.0 Å². The molecule has 1 heterocycles. The van der Waals surface area contributed by atoms with Crippen molar-refractivity contribution < 1.29 is 14.6 Å². The van der Waals surface area contributed by atoms with Crippen LogP contribution >= 0.6 is 0 Å². The fourth-order valence-electron chi connectivity index (χ4n) is 1.03. The van der Waals surface area contributed by atoms with Crippen molar-refractivity contribution in [2.75, 3.05) is 25.6 Å². The van der Waals surface area contributed by atoms with Crippen LogP contribution in [0.2, 0.25) is 0 Å². The summed E-state index contributed by atoms with van der Waals surface area (Å²) >= 11 is 0. The molecule has 1 aromatic heterocycles. The Hall–Kier alpha value is -1.85. The summed E-state index contributed by atoms with van der Waals surface area (Å²) in [5.41, 5.74) is 0. The van der Waals surface area contributed by atoms with Crippen LogP contribution in [0, 0.1) is 0 Å². The average Bonchev–Trinajstić information content (AvgIpc) is 2.26. The molecule has 1 N–H and O–H groups in total. The standard InChI is InChI=1S/C9H13N3O3/c1-12(4-3-9(13)14)7-5-8(15-2)11-6-10-7/h5-6H,3-4H2,1-2H3,(H,13,14). The Morgan fingerprint density at radius 3 is 2.93 bits per heavy atom. The number of hydrogen-bond acceptors (Lipinski definition) is 5. The van der Waals surface area contributed by atoms with Crippen LogP contribution in [0.1, 0.15) is 6.42 Å². The fourth-order valence-corrected chi connectivity index (χ4v) is 1.03. The molecule has 15 heavy (non-hydrogen) atoms. The maximum Gasteiger partial charge on any atom is 0.305 e. The van der Waals surface area contributed by atoms with E-state index in [1.807, 2.05) is 0 Å². The molecule has 0 saturated carbocycles. The van der Waals surface area contributed by atoms with Crippen molar-refractivity contribution in [3.8, 4) is 5.88 Å². The Balaban J connectivity index is 2.64. The predicted molar refractivity (Wildman–Crippen MR) is 54.1 cm³/mol. The summed E-state index contributed by atoms with van der Waals surface area (Å²) in [7, 11) is 3.29. The number of carbonyl (C=O) groups is 1. The summed E-state index contributed by atoms with van der Waals surface area (Å²) in [5, 5.41) is 8.53. The van der Waals surface area contributed by atoms with E-state index in [1.165, 1.54) is 13.4 Å². The Morgan fingerprint density at radius 2 is 2.33 bits per heavy atom. The highest BCUT2D eigenvalue weighted by Gasteiger charge is 2.06. The fraction of sp³-hybridized carbons (Fsp3) is 0.444. The van der Waals surface area contributed by atoms with Crippen molar-refractivity contribution in [3.05, 3.63) is 12.4 Å². The minimum Gasteiger partial charge on any atom is -0.481 e. The molecular weight excluding hydrogens is 198 g/mol. The quantitative estimate of drug-likeness (QED) is 0.759. The van der Waals surface area contributed by atoms with Gasteiger partial charge >= 0.3 is 5.97 Å². The van der Waals surface area contributed by atoms with E-state index < -0.39 is 5.97 Å². The third kappa shape index (κ3) is 3.41. The SMILES string of the molecule is COc1cc(N(C)CCC(=O)O)ncn1. The number of nitrogens with zero attached hydrogens (tertiary/aromatic N) is 3. The van der Waals surface area contributed by atoms with E-state index >= 15 is 0 Å². The first kappa shape index (κ1) is 11.2. The second kappa shape index (κ2) is 5.14. The molecule has 0 spiro atoms. The lowest BCUT2D eigenvalue weighted by Crippen LogP contribution is -2.22. The Labute approximate surface area is 87.5 Å². The van der Waals surface area contributed by atoms with Gasteiger partial charge in [0, 0.05) is 19.7 Å². The minimum atomic E-state index is -0.831. The van der Waals surface area contributed by atoms with Crippen LogP contribution in [0.25, 0.3) is 0 Å². The summed E-state index contributed by atoms with van der Waals surface area (Å²) in [4.78, 5) is 20.0. The van der Waals surface area contributed by atoms with Gasteiger partial charge < -0.3 is 14.7 Å². The van der Waals surface area contributed by atoms with Gasteiger partial charge in [0.05, 0.1) is 13.5 Å². The monoisotopic (exact) mass is 211 g/mol. The summed E-state index contributed by atoms with van der Waals surface area (Å²) in [6.07, 6.45) is 1.45. The molecule has 0 atom stereocenters. The van der Waals surface area contributed by atoms with E-state index in [0.717, 1.165) is 0 Å². The van der Waals surface area contributed by atoms with Crippen LogP contribution in [0.15, 0.2) is 12.4 Å². The van der Waals surface area contributed by atoms with Crippen LogP contribution in [0.5, 0.6) is 5.88 Å². The third-order valence-electron chi connectivity index (χ3n) is 1.89. The molecule has 0 aliphatic rings. The minimum absolute atomic E-state index is 0.0722. The van der Waals surface area contributed by atoms with Crippen molar-refractivity contribution in [3.63, 3.8) is 0 Å². The second-order valence-corrected chi connectivity index (χ2v) is 2.98. The van der Waals surface area contributed by atoms with Gasteiger partial charge in [-0.1, -0.05) is 0 Å². The first-order valence-electron chi connectivity index (χ1n) is 4.42. The zero-order chi connectivity index (χ0) is 11.3. The summed E-state index contributed by atoms with van der Waals surface area (Å²) < 4.78 is 4.94. The number of carboxylic acid groups (broad SMARTS) is 1. The van der Waals surface area contributed by atoms with Crippen molar-refractivity contribution >= 4 is 11.8 Å². The van der Waals surface area contributed by atoms with Gasteiger partial charge in [-0.15, -0.1) is 0 Å². The molecule has 6 nitrogen and oxygen atoms in total. The van der Waals surface area contributed by atoms with Crippen LogP contribution in [0.3, 0.4) is 0 Å². The van der Waals surface area contributed by atoms with Crippen molar-refractivity contribution in [1.29, 1.82) is 0 Å². The molecule has 0 aliphatic heterocycles. The van der Waals surface area contributed by atoms with Crippen molar-refractivity contribution in [2.45, 2.75) is 6.42 Å². The Bertz CT molecular complexity index is 343. The molecular formula is C9H13N3O3. The highest BCUT2D eigenvalue weighted by atomic mass is 16.5. The van der Waals surface area contributed by atoms with Gasteiger partial charge in [0.25, 0.3) is 0 Å². The smallest absolute Gasteiger partial charge is 0.305 e. The lowest BCUT2D eigenvalue weighted by molar-refractivity contribution is -0.136. The Morgan fingerprint density at radius 1 is 1.60 bits per heavy atom. The molecule has 0 radical (unpaired) electrons. The van der Waals surface area contributed by atoms with E-state index in [0.29, 0.717) is 18.2 Å². The first-order valence-corrected chi connectivity index (χ1v) is 4.42. The summed E-state index contributed by atoms with van der Waals surface area (Å²) in [5.74, 6) is 0.271. The van der Waals surface area contributed by atoms with Crippen LogP contribution < -0.4 is 9.64 Å². The molecule has 1 aromatic rings. The number of hydrogen-bond donors (Lipinski definition) is 1. The molecule has 0 saturated heterocycles. The molecule has 0 unspecified atom stereocenters. The maximum atomic E-state index is 10.4. The van der Waals surface area contributed by atoms with Crippen molar-refractivity contribution in [2.24, 2.45) is 0 Å². The third-order valence-corrected chi connectivity index (χ3v) is 1.89. The van der Waals surface area contributed by atoms with Gasteiger partial charge in [-0.25, -0.2) is 9.97 Å². The molecule has 1 rings (SSSR count).